The molecule has 9 heteroatoms. The summed E-state index contributed by atoms with van der Waals surface area (Å²) in [5.74, 6) is 0. The van der Waals surface area contributed by atoms with Crippen molar-refractivity contribution in [2.75, 3.05) is 0 Å². The minimum absolute atomic E-state index is 0.179. The lowest BCUT2D eigenvalue weighted by molar-refractivity contribution is -0.182. The molecule has 2 bridgehead atoms. The van der Waals surface area contributed by atoms with Gasteiger partial charge in [0, 0.05) is 0 Å². The van der Waals surface area contributed by atoms with Crippen LogP contribution in [-0.4, -0.2) is 45.6 Å². The van der Waals surface area contributed by atoms with Gasteiger partial charge < -0.3 is 19.5 Å². The predicted octanol–water partition coefficient (Wildman–Crippen LogP) is 4.26. The van der Waals surface area contributed by atoms with Gasteiger partial charge in [-0.1, -0.05) is 30.3 Å². The Balaban J connectivity index is 1.58. The molecule has 0 heterocycles. The number of hydrazine groups is 1. The number of amides is 3. The minimum Gasteiger partial charge on any atom is -0.445 e. The zero-order chi connectivity index (χ0) is 23.8. The van der Waals surface area contributed by atoms with Gasteiger partial charge in [0.1, 0.15) is 17.8 Å². The minimum atomic E-state index is -0.739. The van der Waals surface area contributed by atoms with Crippen LogP contribution in [0.4, 0.5) is 14.4 Å². The topological polar surface area (TPSA) is 106 Å². The molecule has 2 N–H and O–H groups in total. The SMILES string of the molecule is CC(C)(C)OC(=O)NN(C(=O)OC(C)(C)C)C12CC(NC(=O)OCc3ccccc3)(C1)C2. The molecule has 3 saturated carbocycles. The second-order valence-electron chi connectivity index (χ2n) is 10.7. The third-order valence-corrected chi connectivity index (χ3v) is 5.23. The Kier molecular flexibility index (Phi) is 6.06. The maximum absolute atomic E-state index is 12.8. The highest BCUT2D eigenvalue weighted by atomic mass is 16.6. The summed E-state index contributed by atoms with van der Waals surface area (Å²) < 4.78 is 16.1. The van der Waals surface area contributed by atoms with Crippen LogP contribution in [0, 0.1) is 0 Å². The molecule has 3 aliphatic carbocycles. The van der Waals surface area contributed by atoms with Gasteiger partial charge in [-0.2, -0.15) is 0 Å². The van der Waals surface area contributed by atoms with E-state index in [9.17, 15) is 14.4 Å². The number of nitrogens with one attached hydrogen (secondary N) is 2. The summed E-state index contributed by atoms with van der Waals surface area (Å²) in [7, 11) is 0. The normalized spacial score (nSPS) is 23.7. The maximum atomic E-state index is 12.8. The lowest BCUT2D eigenvalue weighted by Crippen LogP contribution is -2.86. The Labute approximate surface area is 188 Å². The van der Waals surface area contributed by atoms with Crippen LogP contribution in [0.3, 0.4) is 0 Å². The molecule has 176 valence electrons. The van der Waals surface area contributed by atoms with Gasteiger partial charge in [0.2, 0.25) is 0 Å². The highest BCUT2D eigenvalue weighted by Crippen LogP contribution is 2.63. The number of ether oxygens (including phenoxy) is 3. The highest BCUT2D eigenvalue weighted by Gasteiger charge is 2.73. The number of hydrogen-bond acceptors (Lipinski definition) is 6. The Morgan fingerprint density at radius 3 is 2.00 bits per heavy atom. The summed E-state index contributed by atoms with van der Waals surface area (Å²) >= 11 is 0. The summed E-state index contributed by atoms with van der Waals surface area (Å²) in [5, 5.41) is 4.12. The molecule has 1 aromatic carbocycles. The number of nitrogens with zero attached hydrogens (tertiary/aromatic N) is 1. The van der Waals surface area contributed by atoms with Crippen molar-refractivity contribution >= 4 is 18.3 Å². The Morgan fingerprint density at radius 2 is 1.47 bits per heavy atom. The van der Waals surface area contributed by atoms with Crippen molar-refractivity contribution < 1.29 is 28.6 Å². The molecule has 32 heavy (non-hydrogen) atoms. The van der Waals surface area contributed by atoms with Crippen molar-refractivity contribution in [1.29, 1.82) is 0 Å². The quantitative estimate of drug-likeness (QED) is 0.528. The fourth-order valence-electron chi connectivity index (χ4n) is 4.14. The summed E-state index contributed by atoms with van der Waals surface area (Å²) in [6, 6.07) is 9.41. The lowest BCUT2D eigenvalue weighted by atomic mass is 9.44. The van der Waals surface area contributed by atoms with Gasteiger partial charge in [-0.3, -0.25) is 0 Å². The standard InChI is InChI=1S/C23H33N3O6/c1-20(2,3)31-18(28)25-26(19(29)32-21(4,5)6)23-13-22(14-23,15-23)24-17(27)30-12-16-10-8-7-9-11-16/h7-11H,12-15H2,1-6H3,(H,24,27)(H,25,28). The van der Waals surface area contributed by atoms with Crippen LogP contribution in [0.5, 0.6) is 0 Å². The lowest BCUT2D eigenvalue weighted by Gasteiger charge is -2.71. The first-order chi connectivity index (χ1) is 14.7. The average molecular weight is 448 g/mol. The van der Waals surface area contributed by atoms with Crippen molar-refractivity contribution in [3.05, 3.63) is 35.9 Å². The molecule has 0 aromatic heterocycles. The summed E-state index contributed by atoms with van der Waals surface area (Å²) in [4.78, 5) is 37.4. The van der Waals surface area contributed by atoms with E-state index in [-0.39, 0.29) is 6.61 Å². The van der Waals surface area contributed by atoms with Crippen LogP contribution < -0.4 is 10.7 Å². The zero-order valence-electron chi connectivity index (χ0n) is 19.6. The smallest absolute Gasteiger partial charge is 0.429 e. The van der Waals surface area contributed by atoms with Crippen LogP contribution in [-0.2, 0) is 20.8 Å². The van der Waals surface area contributed by atoms with Crippen molar-refractivity contribution in [2.24, 2.45) is 0 Å². The van der Waals surface area contributed by atoms with Crippen molar-refractivity contribution in [3.63, 3.8) is 0 Å². The molecule has 0 radical (unpaired) electrons. The third-order valence-electron chi connectivity index (χ3n) is 5.23. The van der Waals surface area contributed by atoms with Gasteiger partial charge in [-0.05, 0) is 66.4 Å². The Hall–Kier alpha value is -2.97. The monoisotopic (exact) mass is 447 g/mol. The summed E-state index contributed by atoms with van der Waals surface area (Å²) in [5.41, 5.74) is 0.913. The Bertz CT molecular complexity index is 852. The first-order valence-corrected chi connectivity index (χ1v) is 10.7. The summed E-state index contributed by atoms with van der Waals surface area (Å²) in [6.45, 7) is 10.7. The largest absolute Gasteiger partial charge is 0.445 e. The number of rotatable bonds is 4. The molecule has 0 spiro atoms. The van der Waals surface area contributed by atoms with Crippen molar-refractivity contribution in [2.45, 2.75) is 89.7 Å². The summed E-state index contributed by atoms with van der Waals surface area (Å²) in [6.07, 6.45) is -0.466. The van der Waals surface area contributed by atoms with E-state index in [1.54, 1.807) is 41.5 Å². The van der Waals surface area contributed by atoms with Gasteiger partial charge in [-0.15, -0.1) is 0 Å². The zero-order valence-corrected chi connectivity index (χ0v) is 19.6. The van der Waals surface area contributed by atoms with Gasteiger partial charge in [0.25, 0.3) is 0 Å². The molecule has 3 aliphatic rings. The second kappa shape index (κ2) is 8.18. The van der Waals surface area contributed by atoms with Crippen LogP contribution >= 0.6 is 0 Å². The molecule has 3 fully saturated rings. The molecule has 4 rings (SSSR count). The van der Waals surface area contributed by atoms with Crippen LogP contribution in [0.1, 0.15) is 66.4 Å². The average Bonchev–Trinajstić information content (AvgIpc) is 2.58. The molecule has 0 saturated heterocycles. The van der Waals surface area contributed by atoms with Gasteiger partial charge >= 0.3 is 18.3 Å². The van der Waals surface area contributed by atoms with E-state index in [4.69, 9.17) is 14.2 Å². The number of hydrogen-bond donors (Lipinski definition) is 2. The van der Waals surface area contributed by atoms with Gasteiger partial charge in [0.05, 0.1) is 11.1 Å². The maximum Gasteiger partial charge on any atom is 0.429 e. The molecular formula is C23H33N3O6. The van der Waals surface area contributed by atoms with Crippen molar-refractivity contribution in [3.8, 4) is 0 Å². The fraction of sp³-hybridized carbons (Fsp3) is 0.609. The number of carbonyl (C=O) groups is 3. The number of alkyl carbamates (subject to hydrolysis) is 1. The van der Waals surface area contributed by atoms with Gasteiger partial charge in [0.15, 0.2) is 0 Å². The van der Waals surface area contributed by atoms with E-state index in [1.165, 1.54) is 5.01 Å². The number of carbonyl (C=O) groups excluding carboxylic acids is 3. The molecule has 1 aromatic rings. The molecule has 0 aliphatic heterocycles. The van der Waals surface area contributed by atoms with Gasteiger partial charge in [-0.25, -0.2) is 24.8 Å². The third kappa shape index (κ3) is 5.63. The van der Waals surface area contributed by atoms with E-state index < -0.39 is 40.6 Å². The first kappa shape index (κ1) is 23.7. The van der Waals surface area contributed by atoms with E-state index in [0.29, 0.717) is 19.3 Å². The fourth-order valence-corrected chi connectivity index (χ4v) is 4.14. The Morgan fingerprint density at radius 1 is 0.906 bits per heavy atom. The van der Waals surface area contributed by atoms with Crippen LogP contribution in [0.25, 0.3) is 0 Å². The molecule has 0 atom stereocenters. The second-order valence-corrected chi connectivity index (χ2v) is 10.7. The van der Waals surface area contributed by atoms with Crippen molar-refractivity contribution in [1.82, 2.24) is 15.8 Å². The molecule has 9 nitrogen and oxygen atoms in total. The highest BCUT2D eigenvalue weighted by molar-refractivity contribution is 5.77. The first-order valence-electron chi connectivity index (χ1n) is 10.7. The molecule has 3 amide bonds. The molecule has 0 unspecified atom stereocenters. The van der Waals surface area contributed by atoms with Crippen LogP contribution in [0.2, 0.25) is 0 Å². The van der Waals surface area contributed by atoms with Crippen LogP contribution in [0.15, 0.2) is 30.3 Å². The molecular weight excluding hydrogens is 414 g/mol. The van der Waals surface area contributed by atoms with E-state index in [1.807, 2.05) is 30.3 Å². The van der Waals surface area contributed by atoms with E-state index in [0.717, 1.165) is 5.56 Å². The van der Waals surface area contributed by atoms with E-state index >= 15 is 0 Å². The van der Waals surface area contributed by atoms with E-state index in [2.05, 4.69) is 10.7 Å². The number of benzene rings is 1. The predicted molar refractivity (Wildman–Crippen MR) is 117 cm³/mol.